The second-order valence-electron chi connectivity index (χ2n) is 12.9. The first kappa shape index (κ1) is 34.8. The van der Waals surface area contributed by atoms with Gasteiger partial charge in [0.15, 0.2) is 23.3 Å². The second-order valence-corrected chi connectivity index (χ2v) is 12.9. The topological polar surface area (TPSA) is 9.23 Å². The van der Waals surface area contributed by atoms with Crippen LogP contribution in [0.25, 0.3) is 11.1 Å². The normalized spacial score (nSPS) is 18.4. The molecule has 2 aromatic carbocycles. The van der Waals surface area contributed by atoms with Crippen LogP contribution in [-0.4, -0.2) is 18.9 Å². The van der Waals surface area contributed by atoms with Crippen molar-refractivity contribution in [3.63, 3.8) is 0 Å². The molecule has 0 spiro atoms. The second kappa shape index (κ2) is 16.5. The number of hydrogen-bond acceptors (Lipinski definition) is 1. The van der Waals surface area contributed by atoms with Gasteiger partial charge in [-0.15, -0.1) is 0 Å². The monoisotopic (exact) mass is 628 g/mol. The van der Waals surface area contributed by atoms with Gasteiger partial charge >= 0.3 is 5.92 Å². The number of benzene rings is 2. The maximum atomic E-state index is 15.3. The van der Waals surface area contributed by atoms with E-state index in [2.05, 4.69) is 0 Å². The number of alkyl halides is 3. The van der Waals surface area contributed by atoms with E-state index in [0.717, 1.165) is 50.5 Å². The lowest BCUT2D eigenvalue weighted by atomic mass is 9.83. The maximum Gasteiger partial charge on any atom is 0.302 e. The van der Waals surface area contributed by atoms with Gasteiger partial charge in [0.05, 0.1) is 12.2 Å². The number of halogens is 7. The molecule has 2 aliphatic rings. The van der Waals surface area contributed by atoms with Crippen LogP contribution in [0.1, 0.15) is 126 Å². The SMILES string of the molecule is CCCCCCC(F)COC1CCc2cc(-c3ccc(CCCCCCCCCC4CC4)c(F)c3F)c(F)c(F)c2C1(F)F. The van der Waals surface area contributed by atoms with Crippen LogP contribution in [0.15, 0.2) is 18.2 Å². The number of rotatable bonds is 19. The summed E-state index contributed by atoms with van der Waals surface area (Å²) in [6.45, 7) is 1.47. The molecule has 44 heavy (non-hydrogen) atoms. The molecule has 0 N–H and O–H groups in total. The molecule has 2 aromatic rings. The van der Waals surface area contributed by atoms with Crippen LogP contribution in [0.3, 0.4) is 0 Å². The number of aryl methyl sites for hydroxylation is 2. The average molecular weight is 629 g/mol. The van der Waals surface area contributed by atoms with Crippen molar-refractivity contribution in [3.05, 3.63) is 58.2 Å². The fourth-order valence-electron chi connectivity index (χ4n) is 6.38. The summed E-state index contributed by atoms with van der Waals surface area (Å²) in [5.41, 5.74) is -2.32. The Bertz CT molecular complexity index is 1210. The van der Waals surface area contributed by atoms with Gasteiger partial charge in [-0.2, -0.15) is 8.78 Å². The molecule has 0 aromatic heterocycles. The fraction of sp³-hybridized carbons (Fsp3) is 0.667. The summed E-state index contributed by atoms with van der Waals surface area (Å²) in [4.78, 5) is 0. The van der Waals surface area contributed by atoms with Crippen LogP contribution < -0.4 is 0 Å². The van der Waals surface area contributed by atoms with Gasteiger partial charge in [-0.05, 0) is 55.2 Å². The number of fused-ring (bicyclic) bond motifs is 1. The summed E-state index contributed by atoms with van der Waals surface area (Å²) in [6, 6.07) is 3.52. The van der Waals surface area contributed by atoms with Gasteiger partial charge in [0.2, 0.25) is 0 Å². The van der Waals surface area contributed by atoms with Crippen molar-refractivity contribution in [2.75, 3.05) is 6.61 Å². The molecule has 8 heteroatoms. The number of hydrogen-bond donors (Lipinski definition) is 0. The van der Waals surface area contributed by atoms with Crippen molar-refractivity contribution in [3.8, 4) is 11.1 Å². The van der Waals surface area contributed by atoms with Gasteiger partial charge < -0.3 is 4.74 Å². The Morgan fingerprint density at radius 1 is 0.773 bits per heavy atom. The molecule has 4 rings (SSSR count). The van der Waals surface area contributed by atoms with Crippen molar-refractivity contribution in [2.45, 2.75) is 141 Å². The van der Waals surface area contributed by atoms with Crippen molar-refractivity contribution in [1.82, 2.24) is 0 Å². The van der Waals surface area contributed by atoms with E-state index in [0.29, 0.717) is 19.3 Å². The van der Waals surface area contributed by atoms with E-state index in [1.54, 1.807) is 0 Å². The lowest BCUT2D eigenvalue weighted by Crippen LogP contribution is -2.40. The van der Waals surface area contributed by atoms with E-state index >= 15 is 22.0 Å². The predicted molar refractivity (Wildman–Crippen MR) is 161 cm³/mol. The first-order chi connectivity index (χ1) is 21.1. The molecule has 246 valence electrons. The Labute approximate surface area is 258 Å². The third-order valence-electron chi connectivity index (χ3n) is 9.26. The Kier molecular flexibility index (Phi) is 13.0. The predicted octanol–water partition coefficient (Wildman–Crippen LogP) is 11.7. The van der Waals surface area contributed by atoms with Gasteiger partial charge in [0.1, 0.15) is 12.3 Å². The maximum absolute atomic E-state index is 15.3. The molecule has 1 fully saturated rings. The smallest absolute Gasteiger partial charge is 0.302 e. The van der Waals surface area contributed by atoms with Crippen LogP contribution in [0.2, 0.25) is 0 Å². The molecule has 0 bridgehead atoms. The highest BCUT2D eigenvalue weighted by Crippen LogP contribution is 2.46. The van der Waals surface area contributed by atoms with E-state index in [1.165, 1.54) is 50.7 Å². The van der Waals surface area contributed by atoms with Gasteiger partial charge in [-0.1, -0.05) is 103 Å². The quantitative estimate of drug-likeness (QED) is 0.111. The summed E-state index contributed by atoms with van der Waals surface area (Å²) >= 11 is 0. The van der Waals surface area contributed by atoms with E-state index < -0.39 is 64.8 Å². The molecular formula is C36H47F7O. The van der Waals surface area contributed by atoms with E-state index in [4.69, 9.17) is 4.74 Å². The van der Waals surface area contributed by atoms with E-state index in [9.17, 15) is 8.78 Å². The summed E-state index contributed by atoms with van der Waals surface area (Å²) in [5, 5.41) is 0. The van der Waals surface area contributed by atoms with Gasteiger partial charge in [0.25, 0.3) is 0 Å². The molecule has 0 saturated heterocycles. The molecule has 2 atom stereocenters. The molecule has 0 amide bonds. The van der Waals surface area contributed by atoms with E-state index in [1.807, 2.05) is 6.92 Å². The number of unbranched alkanes of at least 4 members (excludes halogenated alkanes) is 9. The van der Waals surface area contributed by atoms with Crippen LogP contribution in [-0.2, 0) is 23.5 Å². The molecule has 1 saturated carbocycles. The molecule has 0 heterocycles. The van der Waals surface area contributed by atoms with Crippen molar-refractivity contribution < 1.29 is 35.5 Å². The standard InChI is InChI=1S/C36H47F7O/c1-2-3-4-12-15-27(37)23-44-30-21-19-26-22-29(34(40)35(41)31(26)36(30,42)43)28-20-18-25(32(38)33(28)39)14-11-9-7-5-6-8-10-13-24-16-17-24/h18,20,22,24,27,30H,2-17,19,21,23H2,1H3. The Balaban J connectivity index is 1.35. The Morgan fingerprint density at radius 3 is 2.14 bits per heavy atom. The highest BCUT2D eigenvalue weighted by Gasteiger charge is 2.50. The van der Waals surface area contributed by atoms with Crippen LogP contribution in [0.4, 0.5) is 30.7 Å². The van der Waals surface area contributed by atoms with E-state index in [-0.39, 0.29) is 30.4 Å². The summed E-state index contributed by atoms with van der Waals surface area (Å²) in [6.07, 6.45) is 11.8. The largest absolute Gasteiger partial charge is 0.369 e. The molecule has 2 unspecified atom stereocenters. The molecule has 1 nitrogen and oxygen atoms in total. The lowest BCUT2D eigenvalue weighted by Gasteiger charge is -2.34. The van der Waals surface area contributed by atoms with Crippen LogP contribution in [0.5, 0.6) is 0 Å². The minimum atomic E-state index is -3.91. The lowest BCUT2D eigenvalue weighted by molar-refractivity contribution is -0.160. The first-order valence-corrected chi connectivity index (χ1v) is 16.8. The summed E-state index contributed by atoms with van der Waals surface area (Å²) < 4.78 is 111. The highest BCUT2D eigenvalue weighted by atomic mass is 19.3. The molecular weight excluding hydrogens is 581 g/mol. The Morgan fingerprint density at radius 2 is 1.43 bits per heavy atom. The zero-order valence-electron chi connectivity index (χ0n) is 26.0. The molecule has 0 aliphatic heterocycles. The van der Waals surface area contributed by atoms with Crippen molar-refractivity contribution in [1.29, 1.82) is 0 Å². The fourth-order valence-corrected chi connectivity index (χ4v) is 6.38. The molecule has 2 aliphatic carbocycles. The minimum absolute atomic E-state index is 0.101. The first-order valence-electron chi connectivity index (χ1n) is 16.8. The minimum Gasteiger partial charge on any atom is -0.369 e. The average Bonchev–Trinajstić information content (AvgIpc) is 3.82. The zero-order chi connectivity index (χ0) is 31.7. The highest BCUT2D eigenvalue weighted by molar-refractivity contribution is 5.68. The third-order valence-corrected chi connectivity index (χ3v) is 9.26. The molecule has 0 radical (unpaired) electrons. The van der Waals surface area contributed by atoms with Gasteiger partial charge in [-0.3, -0.25) is 0 Å². The Hall–Kier alpha value is -2.09. The zero-order valence-corrected chi connectivity index (χ0v) is 26.0. The van der Waals surface area contributed by atoms with Crippen LogP contribution >= 0.6 is 0 Å². The summed E-state index contributed by atoms with van der Waals surface area (Å²) in [5.74, 6) is -8.90. The summed E-state index contributed by atoms with van der Waals surface area (Å²) in [7, 11) is 0. The van der Waals surface area contributed by atoms with Crippen molar-refractivity contribution in [2.24, 2.45) is 5.92 Å². The van der Waals surface area contributed by atoms with Crippen LogP contribution in [0, 0.1) is 29.2 Å². The van der Waals surface area contributed by atoms with Gasteiger partial charge in [-0.25, -0.2) is 22.0 Å². The third kappa shape index (κ3) is 9.01. The number of ether oxygens (including phenoxy) is 1. The van der Waals surface area contributed by atoms with Gasteiger partial charge in [0, 0.05) is 11.1 Å². The van der Waals surface area contributed by atoms with Crippen molar-refractivity contribution >= 4 is 0 Å².